The van der Waals surface area contributed by atoms with Gasteiger partial charge in [-0.15, -0.1) is 0 Å². The number of carboxylic acids is 1. The molecule has 6 heteroatoms. The Balaban J connectivity index is 1.94. The van der Waals surface area contributed by atoms with Crippen LogP contribution in [0.3, 0.4) is 0 Å². The quantitative estimate of drug-likeness (QED) is 0.754. The first kappa shape index (κ1) is 19.1. The van der Waals surface area contributed by atoms with Crippen molar-refractivity contribution in [3.05, 3.63) is 23.8 Å². The van der Waals surface area contributed by atoms with E-state index in [9.17, 15) is 14.7 Å². The molecule has 25 heavy (non-hydrogen) atoms. The topological polar surface area (TPSA) is 84.9 Å². The minimum atomic E-state index is -0.934. The number of ether oxygens (including phenoxy) is 2. The van der Waals surface area contributed by atoms with Gasteiger partial charge in [-0.2, -0.15) is 0 Å². The second-order valence-corrected chi connectivity index (χ2v) is 7.14. The SMILES string of the molecule is CCC(CC)(CNC(=O)COc1cccc2c1OC(C)(C)C2)C(=O)O. The van der Waals surface area contributed by atoms with E-state index in [2.05, 4.69) is 5.32 Å². The van der Waals surface area contributed by atoms with Crippen LogP contribution in [0.5, 0.6) is 11.5 Å². The third-order valence-corrected chi connectivity index (χ3v) is 4.84. The summed E-state index contributed by atoms with van der Waals surface area (Å²) in [5.41, 5.74) is -0.158. The van der Waals surface area contributed by atoms with Crippen LogP contribution >= 0.6 is 0 Å². The lowest BCUT2D eigenvalue weighted by molar-refractivity contribution is -0.149. The molecule has 0 fully saturated rings. The number of rotatable bonds is 8. The minimum Gasteiger partial charge on any atom is -0.483 e. The number of carbonyl (C=O) groups excluding carboxylic acids is 1. The van der Waals surface area contributed by atoms with Crippen LogP contribution in [0.4, 0.5) is 0 Å². The number of hydrogen-bond donors (Lipinski definition) is 2. The maximum absolute atomic E-state index is 12.1. The van der Waals surface area contributed by atoms with Crippen molar-refractivity contribution in [3.8, 4) is 11.5 Å². The molecular formula is C19H27NO5. The Hall–Kier alpha value is -2.24. The van der Waals surface area contributed by atoms with Crippen LogP contribution < -0.4 is 14.8 Å². The number of para-hydroxylation sites is 1. The van der Waals surface area contributed by atoms with Gasteiger partial charge in [0.05, 0.1) is 5.41 Å². The Kier molecular flexibility index (Phi) is 5.60. The standard InChI is InChI=1S/C19H27NO5/c1-5-19(6-2,17(22)23)12-20-15(21)11-24-14-9-7-8-13-10-18(3,4)25-16(13)14/h7-9H,5-6,10-12H2,1-4H3,(H,20,21)(H,22,23). The molecule has 0 unspecified atom stereocenters. The summed E-state index contributed by atoms with van der Waals surface area (Å²) in [4.78, 5) is 23.5. The lowest BCUT2D eigenvalue weighted by Gasteiger charge is -2.26. The monoisotopic (exact) mass is 349 g/mol. The van der Waals surface area contributed by atoms with Crippen molar-refractivity contribution in [3.63, 3.8) is 0 Å². The van der Waals surface area contributed by atoms with Gasteiger partial charge in [-0.25, -0.2) is 0 Å². The third kappa shape index (κ3) is 4.24. The highest BCUT2D eigenvalue weighted by atomic mass is 16.5. The van der Waals surface area contributed by atoms with Crippen molar-refractivity contribution >= 4 is 11.9 Å². The Labute approximate surface area is 148 Å². The molecular weight excluding hydrogens is 322 g/mol. The van der Waals surface area contributed by atoms with E-state index in [1.54, 1.807) is 6.07 Å². The first-order chi connectivity index (χ1) is 11.7. The molecule has 1 aromatic carbocycles. The van der Waals surface area contributed by atoms with Gasteiger partial charge >= 0.3 is 5.97 Å². The average molecular weight is 349 g/mol. The fourth-order valence-electron chi connectivity index (χ4n) is 3.04. The van der Waals surface area contributed by atoms with Gasteiger partial charge in [-0.3, -0.25) is 9.59 Å². The van der Waals surface area contributed by atoms with E-state index in [-0.39, 0.29) is 24.7 Å². The van der Waals surface area contributed by atoms with Gasteiger partial charge in [0, 0.05) is 18.5 Å². The number of carboxylic acid groups (broad SMARTS) is 1. The minimum absolute atomic E-state index is 0.0912. The molecule has 1 aliphatic rings. The predicted octanol–water partition coefficient (Wildman–Crippen LogP) is 2.79. The normalized spacial score (nSPS) is 15.2. The van der Waals surface area contributed by atoms with E-state index < -0.39 is 11.4 Å². The van der Waals surface area contributed by atoms with Crippen molar-refractivity contribution < 1.29 is 24.2 Å². The number of benzene rings is 1. The number of fused-ring (bicyclic) bond motifs is 1. The first-order valence-electron chi connectivity index (χ1n) is 8.67. The number of carbonyl (C=O) groups is 2. The van der Waals surface area contributed by atoms with Gasteiger partial charge in [-0.05, 0) is 32.8 Å². The second-order valence-electron chi connectivity index (χ2n) is 7.14. The third-order valence-electron chi connectivity index (χ3n) is 4.84. The van der Waals surface area contributed by atoms with Crippen molar-refractivity contribution in [2.75, 3.05) is 13.2 Å². The highest BCUT2D eigenvalue weighted by Crippen LogP contribution is 2.41. The molecule has 1 aliphatic heterocycles. The van der Waals surface area contributed by atoms with Crippen LogP contribution in [0.25, 0.3) is 0 Å². The summed E-state index contributed by atoms with van der Waals surface area (Å²) in [6, 6.07) is 5.63. The summed E-state index contributed by atoms with van der Waals surface area (Å²) in [6.07, 6.45) is 1.70. The number of amides is 1. The van der Waals surface area contributed by atoms with E-state index >= 15 is 0 Å². The average Bonchev–Trinajstić information content (AvgIpc) is 2.88. The number of hydrogen-bond acceptors (Lipinski definition) is 4. The zero-order chi connectivity index (χ0) is 18.7. The van der Waals surface area contributed by atoms with Crippen molar-refractivity contribution in [2.45, 2.75) is 52.6 Å². The van der Waals surface area contributed by atoms with Gasteiger partial charge in [0.15, 0.2) is 18.1 Å². The Morgan fingerprint density at radius 3 is 2.60 bits per heavy atom. The lowest BCUT2D eigenvalue weighted by Crippen LogP contribution is -2.43. The predicted molar refractivity (Wildman–Crippen MR) is 94.0 cm³/mol. The van der Waals surface area contributed by atoms with Crippen LogP contribution in [-0.2, 0) is 16.0 Å². The number of nitrogens with one attached hydrogen (secondary N) is 1. The first-order valence-corrected chi connectivity index (χ1v) is 8.67. The molecule has 2 N–H and O–H groups in total. The Morgan fingerprint density at radius 2 is 2.00 bits per heavy atom. The summed E-state index contributed by atoms with van der Waals surface area (Å²) in [5, 5.41) is 12.1. The summed E-state index contributed by atoms with van der Waals surface area (Å²) >= 11 is 0. The van der Waals surface area contributed by atoms with Gasteiger partial charge < -0.3 is 19.9 Å². The van der Waals surface area contributed by atoms with Gasteiger partial charge in [-0.1, -0.05) is 26.0 Å². The van der Waals surface area contributed by atoms with E-state index in [1.165, 1.54) is 0 Å². The van der Waals surface area contributed by atoms with E-state index in [0.717, 1.165) is 12.0 Å². The molecule has 0 saturated heterocycles. The van der Waals surface area contributed by atoms with Crippen LogP contribution in [-0.4, -0.2) is 35.7 Å². The van der Waals surface area contributed by atoms with Crippen LogP contribution in [0, 0.1) is 5.41 Å². The van der Waals surface area contributed by atoms with Gasteiger partial charge in [0.2, 0.25) is 0 Å². The Morgan fingerprint density at radius 1 is 1.32 bits per heavy atom. The molecule has 6 nitrogen and oxygen atoms in total. The zero-order valence-electron chi connectivity index (χ0n) is 15.3. The summed E-state index contributed by atoms with van der Waals surface area (Å²) in [6.45, 7) is 7.55. The van der Waals surface area contributed by atoms with Crippen LogP contribution in [0.2, 0.25) is 0 Å². The smallest absolute Gasteiger partial charge is 0.311 e. The van der Waals surface area contributed by atoms with Crippen molar-refractivity contribution in [1.29, 1.82) is 0 Å². The van der Waals surface area contributed by atoms with Gasteiger partial charge in [0.25, 0.3) is 5.91 Å². The molecule has 0 saturated carbocycles. The van der Waals surface area contributed by atoms with Crippen molar-refractivity contribution in [1.82, 2.24) is 5.32 Å². The molecule has 1 heterocycles. The van der Waals surface area contributed by atoms with Crippen molar-refractivity contribution in [2.24, 2.45) is 5.41 Å². The maximum atomic E-state index is 12.1. The molecule has 0 spiro atoms. The van der Waals surface area contributed by atoms with Crippen LogP contribution in [0.1, 0.15) is 46.1 Å². The molecule has 0 radical (unpaired) electrons. The highest BCUT2D eigenvalue weighted by molar-refractivity contribution is 5.80. The molecule has 0 atom stereocenters. The highest BCUT2D eigenvalue weighted by Gasteiger charge is 2.35. The molecule has 138 valence electrons. The summed E-state index contributed by atoms with van der Waals surface area (Å²) in [7, 11) is 0. The molecule has 0 aromatic heterocycles. The summed E-state index contributed by atoms with van der Waals surface area (Å²) < 4.78 is 11.5. The fraction of sp³-hybridized carbons (Fsp3) is 0.579. The molecule has 1 aromatic rings. The van der Waals surface area contributed by atoms with E-state index in [4.69, 9.17) is 9.47 Å². The fourth-order valence-corrected chi connectivity index (χ4v) is 3.04. The van der Waals surface area contributed by atoms with E-state index in [0.29, 0.717) is 24.3 Å². The van der Waals surface area contributed by atoms with Crippen LogP contribution in [0.15, 0.2) is 18.2 Å². The van der Waals surface area contributed by atoms with E-state index in [1.807, 2.05) is 39.8 Å². The molecule has 1 amide bonds. The van der Waals surface area contributed by atoms with Gasteiger partial charge in [0.1, 0.15) is 5.60 Å². The lowest BCUT2D eigenvalue weighted by atomic mass is 9.82. The molecule has 0 bridgehead atoms. The molecule has 0 aliphatic carbocycles. The largest absolute Gasteiger partial charge is 0.483 e. The number of aliphatic carboxylic acids is 1. The molecule has 2 rings (SSSR count). The Bertz CT molecular complexity index is 649. The second kappa shape index (κ2) is 7.33. The summed E-state index contributed by atoms with van der Waals surface area (Å²) in [5.74, 6) is -0.0198. The maximum Gasteiger partial charge on any atom is 0.311 e. The zero-order valence-corrected chi connectivity index (χ0v) is 15.3.